The lowest BCUT2D eigenvalue weighted by atomic mass is 9.94. The van der Waals surface area contributed by atoms with Crippen molar-refractivity contribution in [3.05, 3.63) is 0 Å². The second-order valence-corrected chi connectivity index (χ2v) is 5.04. The molecule has 2 fully saturated rings. The minimum atomic E-state index is 0.278. The third kappa shape index (κ3) is 1.40. The first-order chi connectivity index (χ1) is 6.19. The number of nitrogens with zero attached hydrogens (tertiary/aromatic N) is 1. The minimum Gasteiger partial charge on any atom is -0.329 e. The summed E-state index contributed by atoms with van der Waals surface area (Å²) in [6.45, 7) is 6.71. The highest BCUT2D eigenvalue weighted by atomic mass is 15.3. The van der Waals surface area contributed by atoms with E-state index in [0.717, 1.165) is 18.5 Å². The zero-order chi connectivity index (χ0) is 9.47. The van der Waals surface area contributed by atoms with E-state index in [0.29, 0.717) is 0 Å². The van der Waals surface area contributed by atoms with Gasteiger partial charge < -0.3 is 5.73 Å². The van der Waals surface area contributed by atoms with E-state index in [-0.39, 0.29) is 5.54 Å². The van der Waals surface area contributed by atoms with E-state index in [2.05, 4.69) is 18.7 Å². The van der Waals surface area contributed by atoms with Gasteiger partial charge in [0, 0.05) is 24.7 Å². The van der Waals surface area contributed by atoms with E-state index in [4.69, 9.17) is 5.73 Å². The predicted molar refractivity (Wildman–Crippen MR) is 55.6 cm³/mol. The van der Waals surface area contributed by atoms with Crippen molar-refractivity contribution in [2.24, 2.45) is 11.7 Å². The normalized spacial score (nSPS) is 38.1. The van der Waals surface area contributed by atoms with Gasteiger partial charge in [-0.15, -0.1) is 0 Å². The molecule has 0 aromatic rings. The summed E-state index contributed by atoms with van der Waals surface area (Å²) in [5.74, 6) is 0.988. The molecule has 1 saturated carbocycles. The Labute approximate surface area is 81.5 Å². The highest BCUT2D eigenvalue weighted by Crippen LogP contribution is 2.41. The Morgan fingerprint density at radius 3 is 2.62 bits per heavy atom. The van der Waals surface area contributed by atoms with Gasteiger partial charge in [-0.3, -0.25) is 4.90 Å². The van der Waals surface area contributed by atoms with Crippen LogP contribution >= 0.6 is 0 Å². The quantitative estimate of drug-likeness (QED) is 0.718. The maximum atomic E-state index is 5.89. The molecule has 2 nitrogen and oxygen atoms in total. The molecule has 1 heterocycles. The topological polar surface area (TPSA) is 29.3 Å². The largest absolute Gasteiger partial charge is 0.329 e. The standard InChI is InChI=1S/C11H22N2/c1-3-11(2,8-12)13-7-9-4-5-10(13)6-9/h9-10H,3-8,12H2,1-2H3. The van der Waals surface area contributed by atoms with Crippen molar-refractivity contribution in [2.45, 2.75) is 51.1 Å². The summed E-state index contributed by atoms with van der Waals surface area (Å²) >= 11 is 0. The number of likely N-dealkylation sites (tertiary alicyclic amines) is 1. The van der Waals surface area contributed by atoms with Crippen LogP contribution in [-0.2, 0) is 0 Å². The molecule has 2 rings (SSSR count). The zero-order valence-corrected chi connectivity index (χ0v) is 8.92. The summed E-state index contributed by atoms with van der Waals surface area (Å²) in [7, 11) is 0. The van der Waals surface area contributed by atoms with Gasteiger partial charge >= 0.3 is 0 Å². The molecule has 0 amide bonds. The van der Waals surface area contributed by atoms with Crippen LogP contribution in [0, 0.1) is 5.92 Å². The maximum absolute atomic E-state index is 5.89. The molecule has 3 atom stereocenters. The van der Waals surface area contributed by atoms with Crippen molar-refractivity contribution in [3.8, 4) is 0 Å². The van der Waals surface area contributed by atoms with Crippen LogP contribution in [0.4, 0.5) is 0 Å². The summed E-state index contributed by atoms with van der Waals surface area (Å²) in [6.07, 6.45) is 5.51. The lowest BCUT2D eigenvalue weighted by molar-refractivity contribution is 0.0714. The fraction of sp³-hybridized carbons (Fsp3) is 1.00. The Balaban J connectivity index is 2.08. The monoisotopic (exact) mass is 182 g/mol. The Morgan fingerprint density at radius 1 is 1.46 bits per heavy atom. The summed E-state index contributed by atoms with van der Waals surface area (Å²) in [5.41, 5.74) is 6.17. The van der Waals surface area contributed by atoms with Gasteiger partial charge in [0.2, 0.25) is 0 Å². The summed E-state index contributed by atoms with van der Waals surface area (Å²) in [5, 5.41) is 0. The number of hydrogen-bond donors (Lipinski definition) is 1. The summed E-state index contributed by atoms with van der Waals surface area (Å²) in [6, 6.07) is 0.860. The molecular weight excluding hydrogens is 160 g/mol. The molecule has 1 saturated heterocycles. The first kappa shape index (κ1) is 9.47. The van der Waals surface area contributed by atoms with E-state index in [1.54, 1.807) is 0 Å². The van der Waals surface area contributed by atoms with E-state index >= 15 is 0 Å². The molecule has 2 N–H and O–H groups in total. The Bertz CT molecular complexity index is 187. The molecule has 0 radical (unpaired) electrons. The predicted octanol–water partition coefficient (Wildman–Crippen LogP) is 1.60. The van der Waals surface area contributed by atoms with Crippen LogP contribution in [0.1, 0.15) is 39.5 Å². The fourth-order valence-corrected chi connectivity index (χ4v) is 3.05. The summed E-state index contributed by atoms with van der Waals surface area (Å²) in [4.78, 5) is 2.68. The van der Waals surface area contributed by atoms with Gasteiger partial charge in [-0.1, -0.05) is 6.92 Å². The summed E-state index contributed by atoms with van der Waals surface area (Å²) < 4.78 is 0. The molecule has 2 bridgehead atoms. The van der Waals surface area contributed by atoms with E-state index in [1.807, 2.05) is 0 Å². The first-order valence-electron chi connectivity index (χ1n) is 5.66. The molecule has 2 aliphatic rings. The van der Waals surface area contributed by atoms with Gasteiger partial charge in [0.15, 0.2) is 0 Å². The third-order valence-electron chi connectivity index (χ3n) is 4.30. The number of piperidine rings is 1. The van der Waals surface area contributed by atoms with Crippen LogP contribution in [-0.4, -0.2) is 29.6 Å². The van der Waals surface area contributed by atoms with Gasteiger partial charge in [0.1, 0.15) is 0 Å². The highest BCUT2D eigenvalue weighted by molar-refractivity contribution is 5.00. The third-order valence-corrected chi connectivity index (χ3v) is 4.30. The molecule has 0 aromatic heterocycles. The Hall–Kier alpha value is -0.0800. The molecule has 76 valence electrons. The van der Waals surface area contributed by atoms with E-state index in [1.165, 1.54) is 32.2 Å². The Morgan fingerprint density at radius 2 is 2.23 bits per heavy atom. The highest BCUT2D eigenvalue weighted by Gasteiger charge is 2.44. The molecule has 0 aromatic carbocycles. The van der Waals surface area contributed by atoms with Gasteiger partial charge in [0.25, 0.3) is 0 Å². The molecule has 1 aliphatic heterocycles. The van der Waals surface area contributed by atoms with E-state index < -0.39 is 0 Å². The van der Waals surface area contributed by atoms with Crippen molar-refractivity contribution in [2.75, 3.05) is 13.1 Å². The van der Waals surface area contributed by atoms with Crippen LogP contribution in [0.25, 0.3) is 0 Å². The van der Waals surface area contributed by atoms with Gasteiger partial charge in [-0.2, -0.15) is 0 Å². The van der Waals surface area contributed by atoms with Crippen LogP contribution in [0.5, 0.6) is 0 Å². The van der Waals surface area contributed by atoms with Crippen molar-refractivity contribution in [3.63, 3.8) is 0 Å². The number of fused-ring (bicyclic) bond motifs is 2. The van der Waals surface area contributed by atoms with Gasteiger partial charge in [-0.25, -0.2) is 0 Å². The van der Waals surface area contributed by atoms with Gasteiger partial charge in [-0.05, 0) is 38.5 Å². The molecule has 2 heteroatoms. The molecular formula is C11H22N2. The number of nitrogens with two attached hydrogens (primary N) is 1. The average Bonchev–Trinajstić information content (AvgIpc) is 2.77. The van der Waals surface area contributed by atoms with Crippen LogP contribution in [0.15, 0.2) is 0 Å². The zero-order valence-electron chi connectivity index (χ0n) is 8.92. The van der Waals surface area contributed by atoms with Crippen molar-refractivity contribution < 1.29 is 0 Å². The van der Waals surface area contributed by atoms with Crippen molar-refractivity contribution >= 4 is 0 Å². The van der Waals surface area contributed by atoms with Gasteiger partial charge in [0.05, 0.1) is 0 Å². The number of rotatable bonds is 3. The maximum Gasteiger partial charge on any atom is 0.0304 e. The van der Waals surface area contributed by atoms with E-state index in [9.17, 15) is 0 Å². The van der Waals surface area contributed by atoms with Crippen molar-refractivity contribution in [1.29, 1.82) is 0 Å². The van der Waals surface area contributed by atoms with Crippen LogP contribution in [0.2, 0.25) is 0 Å². The first-order valence-corrected chi connectivity index (χ1v) is 5.66. The number of hydrogen-bond acceptors (Lipinski definition) is 2. The Kier molecular flexibility index (Phi) is 2.37. The molecule has 0 spiro atoms. The fourth-order valence-electron chi connectivity index (χ4n) is 3.05. The smallest absolute Gasteiger partial charge is 0.0304 e. The molecule has 1 aliphatic carbocycles. The minimum absolute atomic E-state index is 0.278. The molecule has 13 heavy (non-hydrogen) atoms. The second kappa shape index (κ2) is 3.25. The van der Waals surface area contributed by atoms with Crippen LogP contribution < -0.4 is 5.73 Å². The average molecular weight is 182 g/mol. The second-order valence-electron chi connectivity index (χ2n) is 5.04. The van der Waals surface area contributed by atoms with Crippen LogP contribution in [0.3, 0.4) is 0 Å². The van der Waals surface area contributed by atoms with Crippen molar-refractivity contribution in [1.82, 2.24) is 4.90 Å². The lowest BCUT2D eigenvalue weighted by Gasteiger charge is -2.42. The lowest BCUT2D eigenvalue weighted by Crippen LogP contribution is -2.54. The molecule has 3 unspecified atom stereocenters. The SMILES string of the molecule is CCC(C)(CN)N1CC2CCC1C2.